The van der Waals surface area contributed by atoms with E-state index in [0.717, 1.165) is 44.0 Å². The van der Waals surface area contributed by atoms with Gasteiger partial charge in [0, 0.05) is 6.54 Å². The maximum absolute atomic E-state index is 5.49. The van der Waals surface area contributed by atoms with Crippen LogP contribution < -0.4 is 15.2 Å². The molecule has 0 fully saturated rings. The van der Waals surface area contributed by atoms with Crippen molar-refractivity contribution in [2.24, 2.45) is 5.73 Å². The summed E-state index contributed by atoms with van der Waals surface area (Å²) in [5.41, 5.74) is 6.77. The van der Waals surface area contributed by atoms with Gasteiger partial charge in [0.1, 0.15) is 0 Å². The first-order valence-corrected chi connectivity index (χ1v) is 6.07. The van der Waals surface area contributed by atoms with Crippen molar-refractivity contribution < 1.29 is 9.47 Å². The van der Waals surface area contributed by atoms with Gasteiger partial charge in [-0.25, -0.2) is 0 Å². The van der Waals surface area contributed by atoms with Gasteiger partial charge in [-0.05, 0) is 50.7 Å². The first kappa shape index (κ1) is 12.2. The predicted molar refractivity (Wildman–Crippen MR) is 67.4 cm³/mol. The van der Waals surface area contributed by atoms with Crippen LogP contribution in [0.1, 0.15) is 12.0 Å². The molecule has 0 unspecified atom stereocenters. The molecule has 0 amide bonds. The van der Waals surface area contributed by atoms with Crippen LogP contribution in [0.2, 0.25) is 0 Å². The number of fused-ring (bicyclic) bond motifs is 1. The molecule has 0 saturated heterocycles. The average molecular weight is 236 g/mol. The molecule has 0 atom stereocenters. The summed E-state index contributed by atoms with van der Waals surface area (Å²) < 4.78 is 10.6. The molecule has 0 radical (unpaired) electrons. The van der Waals surface area contributed by atoms with E-state index >= 15 is 0 Å². The smallest absolute Gasteiger partial charge is 0.231 e. The molecule has 0 aliphatic carbocycles. The number of likely N-dealkylation sites (N-methyl/N-ethyl adjacent to an activating group) is 1. The van der Waals surface area contributed by atoms with Gasteiger partial charge in [-0.2, -0.15) is 0 Å². The van der Waals surface area contributed by atoms with Crippen LogP contribution in [0.4, 0.5) is 0 Å². The van der Waals surface area contributed by atoms with Crippen LogP contribution in [0.25, 0.3) is 0 Å². The van der Waals surface area contributed by atoms with Gasteiger partial charge in [-0.3, -0.25) is 0 Å². The Kier molecular flexibility index (Phi) is 4.23. The van der Waals surface area contributed by atoms with Crippen molar-refractivity contribution in [2.75, 3.05) is 33.5 Å². The molecule has 0 spiro atoms. The summed E-state index contributed by atoms with van der Waals surface area (Å²) in [7, 11) is 2.13. The zero-order chi connectivity index (χ0) is 12.1. The van der Waals surface area contributed by atoms with E-state index in [2.05, 4.69) is 24.1 Å². The first-order chi connectivity index (χ1) is 8.29. The highest BCUT2D eigenvalue weighted by Crippen LogP contribution is 2.32. The lowest BCUT2D eigenvalue weighted by Crippen LogP contribution is -2.24. The van der Waals surface area contributed by atoms with E-state index < -0.39 is 0 Å². The average Bonchev–Trinajstić information content (AvgIpc) is 2.81. The fourth-order valence-corrected chi connectivity index (χ4v) is 1.89. The maximum Gasteiger partial charge on any atom is 0.231 e. The number of rotatable bonds is 6. The SMILES string of the molecule is CN(CCCN)CCc1ccc2c(c1)OCO2. The lowest BCUT2D eigenvalue weighted by atomic mass is 10.1. The molecule has 1 aliphatic heterocycles. The van der Waals surface area contributed by atoms with Crippen molar-refractivity contribution >= 4 is 0 Å². The minimum atomic E-state index is 0.342. The van der Waals surface area contributed by atoms with E-state index in [4.69, 9.17) is 15.2 Å². The van der Waals surface area contributed by atoms with E-state index in [9.17, 15) is 0 Å². The van der Waals surface area contributed by atoms with Crippen molar-refractivity contribution in [1.82, 2.24) is 4.90 Å². The number of ether oxygens (including phenoxy) is 2. The molecule has 4 heteroatoms. The molecule has 94 valence electrons. The van der Waals surface area contributed by atoms with E-state index in [1.807, 2.05) is 6.07 Å². The minimum Gasteiger partial charge on any atom is -0.454 e. The minimum absolute atomic E-state index is 0.342. The molecule has 2 N–H and O–H groups in total. The molecule has 0 bridgehead atoms. The van der Waals surface area contributed by atoms with Gasteiger partial charge >= 0.3 is 0 Å². The molecule has 1 aromatic carbocycles. The van der Waals surface area contributed by atoms with Crippen LogP contribution >= 0.6 is 0 Å². The molecule has 0 aromatic heterocycles. The van der Waals surface area contributed by atoms with Crippen molar-refractivity contribution in [3.63, 3.8) is 0 Å². The monoisotopic (exact) mass is 236 g/mol. The van der Waals surface area contributed by atoms with Crippen molar-refractivity contribution in [1.29, 1.82) is 0 Å². The number of hydrogen-bond donors (Lipinski definition) is 1. The second-order valence-corrected chi connectivity index (χ2v) is 4.38. The Bertz CT molecular complexity index is 368. The summed E-state index contributed by atoms with van der Waals surface area (Å²) in [6.07, 6.45) is 2.08. The van der Waals surface area contributed by atoms with E-state index in [-0.39, 0.29) is 0 Å². The lowest BCUT2D eigenvalue weighted by molar-refractivity contribution is 0.174. The molecule has 1 aromatic rings. The van der Waals surface area contributed by atoms with Crippen molar-refractivity contribution in [2.45, 2.75) is 12.8 Å². The topological polar surface area (TPSA) is 47.7 Å². The number of nitrogens with zero attached hydrogens (tertiary/aromatic N) is 1. The normalized spacial score (nSPS) is 13.4. The van der Waals surface area contributed by atoms with E-state index in [1.165, 1.54) is 5.56 Å². The Labute approximate surface area is 102 Å². The summed E-state index contributed by atoms with van der Waals surface area (Å²) in [4.78, 5) is 2.30. The van der Waals surface area contributed by atoms with Crippen LogP contribution in [0.15, 0.2) is 18.2 Å². The quantitative estimate of drug-likeness (QED) is 0.807. The fraction of sp³-hybridized carbons (Fsp3) is 0.538. The van der Waals surface area contributed by atoms with Gasteiger partial charge in [0.15, 0.2) is 11.5 Å². The molecular weight excluding hydrogens is 216 g/mol. The third-order valence-corrected chi connectivity index (χ3v) is 2.96. The summed E-state index contributed by atoms with van der Waals surface area (Å²) >= 11 is 0. The lowest BCUT2D eigenvalue weighted by Gasteiger charge is -2.15. The largest absolute Gasteiger partial charge is 0.454 e. The number of nitrogens with two attached hydrogens (primary N) is 1. The molecule has 17 heavy (non-hydrogen) atoms. The van der Waals surface area contributed by atoms with E-state index in [1.54, 1.807) is 0 Å². The highest BCUT2D eigenvalue weighted by molar-refractivity contribution is 5.44. The number of benzene rings is 1. The first-order valence-electron chi connectivity index (χ1n) is 6.07. The molecular formula is C13H20N2O2. The van der Waals surface area contributed by atoms with E-state index in [0.29, 0.717) is 6.79 Å². The maximum atomic E-state index is 5.49. The summed E-state index contributed by atoms with van der Waals surface area (Å²) in [6.45, 7) is 3.20. The van der Waals surface area contributed by atoms with Crippen LogP contribution in [-0.4, -0.2) is 38.4 Å². The van der Waals surface area contributed by atoms with Crippen molar-refractivity contribution in [3.05, 3.63) is 23.8 Å². The number of hydrogen-bond acceptors (Lipinski definition) is 4. The second-order valence-electron chi connectivity index (χ2n) is 4.38. The van der Waals surface area contributed by atoms with Gasteiger partial charge in [0.2, 0.25) is 6.79 Å². The molecule has 1 aliphatic rings. The van der Waals surface area contributed by atoms with Crippen LogP contribution in [0.5, 0.6) is 11.5 Å². The zero-order valence-corrected chi connectivity index (χ0v) is 10.3. The Hall–Kier alpha value is -1.26. The summed E-state index contributed by atoms with van der Waals surface area (Å²) in [6, 6.07) is 6.15. The van der Waals surface area contributed by atoms with Crippen LogP contribution in [-0.2, 0) is 6.42 Å². The Balaban J connectivity index is 1.83. The molecule has 2 rings (SSSR count). The van der Waals surface area contributed by atoms with Gasteiger partial charge in [0.05, 0.1) is 0 Å². The van der Waals surface area contributed by atoms with Gasteiger partial charge in [0.25, 0.3) is 0 Å². The van der Waals surface area contributed by atoms with Gasteiger partial charge in [-0.15, -0.1) is 0 Å². The highest BCUT2D eigenvalue weighted by Gasteiger charge is 2.13. The molecule has 4 nitrogen and oxygen atoms in total. The van der Waals surface area contributed by atoms with Crippen LogP contribution in [0.3, 0.4) is 0 Å². The Morgan fingerprint density at radius 1 is 1.24 bits per heavy atom. The molecule has 0 saturated carbocycles. The van der Waals surface area contributed by atoms with Crippen molar-refractivity contribution in [3.8, 4) is 11.5 Å². The molecule has 1 heterocycles. The highest BCUT2D eigenvalue weighted by atomic mass is 16.7. The standard InChI is InChI=1S/C13H20N2O2/c1-15(7-2-6-14)8-5-11-3-4-12-13(9-11)17-10-16-12/h3-4,9H,2,5-8,10,14H2,1H3. The van der Waals surface area contributed by atoms with Gasteiger partial charge in [-0.1, -0.05) is 6.07 Å². The summed E-state index contributed by atoms with van der Waals surface area (Å²) in [5.74, 6) is 1.72. The fourth-order valence-electron chi connectivity index (χ4n) is 1.89. The third-order valence-electron chi connectivity index (χ3n) is 2.96. The van der Waals surface area contributed by atoms with Crippen LogP contribution in [0, 0.1) is 0 Å². The third kappa shape index (κ3) is 3.35. The Morgan fingerprint density at radius 2 is 2.06 bits per heavy atom. The Morgan fingerprint density at radius 3 is 2.88 bits per heavy atom. The zero-order valence-electron chi connectivity index (χ0n) is 10.3. The predicted octanol–water partition coefficient (Wildman–Crippen LogP) is 1.24. The second kappa shape index (κ2) is 5.89. The summed E-state index contributed by atoms with van der Waals surface area (Å²) in [5, 5.41) is 0. The van der Waals surface area contributed by atoms with Gasteiger partial charge < -0.3 is 20.1 Å².